The molecule has 1 atom stereocenters. The SMILES string of the molecule is CCCCNC(=O)[C@H](C)N(Cc1ccc(Cl)cc1Cl)C(=O)CN(c1ccc(OCC)cc1)S(=O)(=O)c1ccccc1. The van der Waals surface area contributed by atoms with E-state index in [1.165, 1.54) is 17.0 Å². The van der Waals surface area contributed by atoms with E-state index in [-0.39, 0.29) is 23.0 Å². The topological polar surface area (TPSA) is 96.0 Å². The van der Waals surface area contributed by atoms with Crippen LogP contribution in [-0.2, 0) is 26.2 Å². The molecule has 0 unspecified atom stereocenters. The minimum atomic E-state index is -4.16. The number of nitrogens with zero attached hydrogens (tertiary/aromatic N) is 2. The molecule has 0 saturated carbocycles. The second-order valence-corrected chi connectivity index (χ2v) is 12.0. The Bertz CT molecular complexity index is 1420. The molecule has 0 aliphatic rings. The normalized spacial score (nSPS) is 11.9. The highest BCUT2D eigenvalue weighted by molar-refractivity contribution is 7.92. The van der Waals surface area contributed by atoms with Crippen LogP contribution >= 0.6 is 23.2 Å². The van der Waals surface area contributed by atoms with Gasteiger partial charge in [-0.15, -0.1) is 0 Å². The monoisotopic (exact) mass is 619 g/mol. The predicted octanol–water partition coefficient (Wildman–Crippen LogP) is 5.92. The van der Waals surface area contributed by atoms with E-state index in [9.17, 15) is 18.0 Å². The van der Waals surface area contributed by atoms with Gasteiger partial charge in [-0.2, -0.15) is 0 Å². The number of ether oxygens (including phenoxy) is 1. The van der Waals surface area contributed by atoms with Crippen LogP contribution in [0.2, 0.25) is 10.0 Å². The summed E-state index contributed by atoms with van der Waals surface area (Å²) in [5.41, 5.74) is 0.839. The van der Waals surface area contributed by atoms with Crippen molar-refractivity contribution in [3.63, 3.8) is 0 Å². The number of halogens is 2. The molecule has 0 aliphatic carbocycles. The van der Waals surface area contributed by atoms with Gasteiger partial charge in [0.15, 0.2) is 0 Å². The number of hydrogen-bond donors (Lipinski definition) is 1. The van der Waals surface area contributed by atoms with Crippen molar-refractivity contribution in [1.29, 1.82) is 0 Å². The van der Waals surface area contributed by atoms with E-state index in [0.717, 1.165) is 17.1 Å². The first-order valence-electron chi connectivity index (χ1n) is 13.4. The van der Waals surface area contributed by atoms with E-state index >= 15 is 0 Å². The highest BCUT2D eigenvalue weighted by atomic mass is 35.5. The van der Waals surface area contributed by atoms with Crippen LogP contribution in [0.5, 0.6) is 5.75 Å². The van der Waals surface area contributed by atoms with Crippen molar-refractivity contribution in [3.05, 3.63) is 88.4 Å². The summed E-state index contributed by atoms with van der Waals surface area (Å²) >= 11 is 12.5. The Hall–Kier alpha value is -3.27. The number of rotatable bonds is 14. The molecule has 3 aromatic rings. The lowest BCUT2D eigenvalue weighted by Crippen LogP contribution is -2.51. The molecule has 0 bridgehead atoms. The third-order valence-electron chi connectivity index (χ3n) is 6.40. The molecule has 0 heterocycles. The maximum absolute atomic E-state index is 14.0. The van der Waals surface area contributed by atoms with Crippen LogP contribution in [0, 0.1) is 0 Å². The Morgan fingerprint density at radius 3 is 2.27 bits per heavy atom. The maximum Gasteiger partial charge on any atom is 0.264 e. The number of carbonyl (C=O) groups is 2. The largest absolute Gasteiger partial charge is 0.494 e. The molecule has 0 saturated heterocycles. The van der Waals surface area contributed by atoms with Crippen molar-refractivity contribution < 1.29 is 22.7 Å². The molecular weight excluding hydrogens is 585 g/mol. The average Bonchev–Trinajstić information content (AvgIpc) is 2.96. The minimum absolute atomic E-state index is 0.0272. The molecule has 8 nitrogen and oxygen atoms in total. The fourth-order valence-electron chi connectivity index (χ4n) is 4.08. The first kappa shape index (κ1) is 32.2. The lowest BCUT2D eigenvalue weighted by atomic mass is 10.1. The van der Waals surface area contributed by atoms with Gasteiger partial charge in [0.1, 0.15) is 18.3 Å². The Morgan fingerprint density at radius 1 is 0.976 bits per heavy atom. The van der Waals surface area contributed by atoms with Crippen LogP contribution in [0.3, 0.4) is 0 Å². The summed E-state index contributed by atoms with van der Waals surface area (Å²) in [5.74, 6) is -0.367. The van der Waals surface area contributed by atoms with Crippen LogP contribution in [-0.4, -0.2) is 50.9 Å². The summed E-state index contributed by atoms with van der Waals surface area (Å²) < 4.78 is 34.2. The lowest BCUT2D eigenvalue weighted by molar-refractivity contribution is -0.139. The second kappa shape index (κ2) is 15.1. The van der Waals surface area contributed by atoms with Crippen molar-refractivity contribution >= 4 is 50.7 Å². The van der Waals surface area contributed by atoms with Crippen LogP contribution < -0.4 is 14.4 Å². The summed E-state index contributed by atoms with van der Waals surface area (Å²) in [7, 11) is -4.16. The van der Waals surface area contributed by atoms with E-state index in [0.29, 0.717) is 34.5 Å². The van der Waals surface area contributed by atoms with E-state index in [4.69, 9.17) is 27.9 Å². The first-order chi connectivity index (χ1) is 19.6. The molecule has 0 spiro atoms. The van der Waals surface area contributed by atoms with Crippen LogP contribution in [0.15, 0.2) is 77.7 Å². The van der Waals surface area contributed by atoms with Gasteiger partial charge in [0.25, 0.3) is 10.0 Å². The molecular formula is C30H35Cl2N3O5S. The Morgan fingerprint density at radius 2 is 1.66 bits per heavy atom. The van der Waals surface area contributed by atoms with Crippen LogP contribution in [0.1, 0.15) is 39.2 Å². The number of unbranched alkanes of at least 4 members (excludes halogenated alkanes) is 1. The zero-order valence-corrected chi connectivity index (χ0v) is 25.7. The van der Waals surface area contributed by atoms with Gasteiger partial charge in [0, 0.05) is 23.1 Å². The molecule has 3 aromatic carbocycles. The standard InChI is InChI=1S/C30H35Cl2N3O5S/c1-4-6-18-33-30(37)22(3)34(20-23-12-13-24(31)19-28(23)32)29(36)21-35(25-14-16-26(17-15-25)40-5-2)41(38,39)27-10-8-7-9-11-27/h7-17,19,22H,4-6,18,20-21H2,1-3H3,(H,33,37)/t22-/m0/s1. The Kier molecular flexibility index (Phi) is 11.9. The van der Waals surface area contributed by atoms with Gasteiger partial charge in [-0.1, -0.05) is 60.8 Å². The van der Waals surface area contributed by atoms with Crippen molar-refractivity contribution in [1.82, 2.24) is 10.2 Å². The number of benzene rings is 3. The minimum Gasteiger partial charge on any atom is -0.494 e. The van der Waals surface area contributed by atoms with Gasteiger partial charge in [-0.3, -0.25) is 13.9 Å². The van der Waals surface area contributed by atoms with Gasteiger partial charge < -0.3 is 15.0 Å². The van der Waals surface area contributed by atoms with Gasteiger partial charge in [-0.25, -0.2) is 8.42 Å². The third-order valence-corrected chi connectivity index (χ3v) is 8.77. The molecule has 0 fully saturated rings. The van der Waals surface area contributed by atoms with Gasteiger partial charge >= 0.3 is 0 Å². The fraction of sp³-hybridized carbons (Fsp3) is 0.333. The smallest absolute Gasteiger partial charge is 0.264 e. The first-order valence-corrected chi connectivity index (χ1v) is 15.6. The number of amides is 2. The summed E-state index contributed by atoms with van der Waals surface area (Å²) in [4.78, 5) is 28.4. The van der Waals surface area contributed by atoms with E-state index < -0.39 is 28.5 Å². The highest BCUT2D eigenvalue weighted by Crippen LogP contribution is 2.27. The number of sulfonamides is 1. The number of hydrogen-bond acceptors (Lipinski definition) is 5. The summed E-state index contributed by atoms with van der Waals surface area (Å²) in [6.45, 7) is 5.80. The number of nitrogens with one attached hydrogen (secondary N) is 1. The summed E-state index contributed by atoms with van der Waals surface area (Å²) in [6, 6.07) is 18.3. The van der Waals surface area contributed by atoms with Gasteiger partial charge in [0.05, 0.1) is 17.2 Å². The number of carbonyl (C=O) groups excluding carboxylic acids is 2. The van der Waals surface area contributed by atoms with E-state index in [1.807, 2.05) is 13.8 Å². The predicted molar refractivity (Wildman–Crippen MR) is 163 cm³/mol. The second-order valence-electron chi connectivity index (χ2n) is 9.33. The Labute approximate surface area is 252 Å². The van der Waals surface area contributed by atoms with Crippen molar-refractivity contribution in [2.45, 2.75) is 51.1 Å². The lowest BCUT2D eigenvalue weighted by Gasteiger charge is -2.32. The molecule has 3 rings (SSSR count). The van der Waals surface area contributed by atoms with E-state index in [1.54, 1.807) is 67.6 Å². The summed E-state index contributed by atoms with van der Waals surface area (Å²) in [6.07, 6.45) is 1.68. The molecule has 0 radical (unpaired) electrons. The van der Waals surface area contributed by atoms with Crippen molar-refractivity contribution in [3.8, 4) is 5.75 Å². The zero-order valence-electron chi connectivity index (χ0n) is 23.3. The average molecular weight is 621 g/mol. The van der Waals surface area contributed by atoms with Gasteiger partial charge in [0.2, 0.25) is 11.8 Å². The third kappa shape index (κ3) is 8.61. The molecule has 0 aliphatic heterocycles. The Balaban J connectivity index is 2.01. The molecule has 0 aromatic heterocycles. The number of anilines is 1. The van der Waals surface area contributed by atoms with Crippen molar-refractivity contribution in [2.75, 3.05) is 24.0 Å². The zero-order chi connectivity index (χ0) is 30.0. The van der Waals surface area contributed by atoms with E-state index in [2.05, 4.69) is 5.32 Å². The molecule has 11 heteroatoms. The van der Waals surface area contributed by atoms with Crippen LogP contribution in [0.4, 0.5) is 5.69 Å². The quantitative estimate of drug-likeness (QED) is 0.226. The highest BCUT2D eigenvalue weighted by Gasteiger charge is 2.32. The summed E-state index contributed by atoms with van der Waals surface area (Å²) in [5, 5.41) is 3.61. The molecule has 2 amide bonds. The van der Waals surface area contributed by atoms with Crippen molar-refractivity contribution in [2.24, 2.45) is 0 Å². The molecule has 1 N–H and O–H groups in total. The fourth-order valence-corrected chi connectivity index (χ4v) is 5.98. The molecule has 41 heavy (non-hydrogen) atoms. The van der Waals surface area contributed by atoms with Crippen LogP contribution in [0.25, 0.3) is 0 Å². The maximum atomic E-state index is 14.0. The van der Waals surface area contributed by atoms with Gasteiger partial charge in [-0.05, 0) is 74.4 Å². The molecule has 220 valence electrons.